The topological polar surface area (TPSA) is 37.8 Å². The summed E-state index contributed by atoms with van der Waals surface area (Å²) in [6.07, 6.45) is 8.63. The second kappa shape index (κ2) is 5.05. The molecular weight excluding hydrogens is 174 g/mol. The van der Waals surface area contributed by atoms with Gasteiger partial charge in [0.25, 0.3) is 0 Å². The first-order chi connectivity index (χ1) is 6.95. The molecule has 0 aromatic carbocycles. The van der Waals surface area contributed by atoms with Crippen LogP contribution in [0.5, 0.6) is 0 Å². The van der Waals surface area contributed by atoms with Gasteiger partial charge < -0.3 is 5.32 Å². The Balaban J connectivity index is 1.90. The summed E-state index contributed by atoms with van der Waals surface area (Å²) in [6.45, 7) is 2.30. The second-order valence-electron chi connectivity index (χ2n) is 3.94. The zero-order valence-corrected chi connectivity index (χ0v) is 8.45. The van der Waals surface area contributed by atoms with Crippen molar-refractivity contribution in [1.29, 1.82) is 0 Å². The van der Waals surface area contributed by atoms with Gasteiger partial charge in [0.2, 0.25) is 0 Å². The molecule has 1 aliphatic rings. The van der Waals surface area contributed by atoms with E-state index in [4.69, 9.17) is 0 Å². The zero-order chi connectivity index (χ0) is 9.64. The number of hydrogen-bond acceptors (Lipinski definition) is 3. The Bertz CT molecular complexity index is 252. The van der Waals surface area contributed by atoms with Crippen molar-refractivity contribution < 1.29 is 0 Å². The van der Waals surface area contributed by atoms with Crippen molar-refractivity contribution >= 4 is 0 Å². The molecule has 0 radical (unpaired) electrons. The maximum absolute atomic E-state index is 4.26. The molecule has 0 aliphatic carbocycles. The Morgan fingerprint density at radius 3 is 3.00 bits per heavy atom. The van der Waals surface area contributed by atoms with E-state index < -0.39 is 0 Å². The maximum Gasteiger partial charge on any atom is 0.128 e. The smallest absolute Gasteiger partial charge is 0.128 e. The van der Waals surface area contributed by atoms with E-state index in [1.165, 1.54) is 25.8 Å². The van der Waals surface area contributed by atoms with Crippen LogP contribution in [0.2, 0.25) is 0 Å². The molecule has 1 aliphatic heterocycles. The van der Waals surface area contributed by atoms with Gasteiger partial charge in [0.1, 0.15) is 5.82 Å². The van der Waals surface area contributed by atoms with Crippen molar-refractivity contribution in [3.05, 3.63) is 24.3 Å². The SMILES string of the molecule is c1cnc(CC2CCCCNC2)nc1. The fourth-order valence-electron chi connectivity index (χ4n) is 1.96. The maximum atomic E-state index is 4.26. The van der Waals surface area contributed by atoms with E-state index in [1.54, 1.807) is 0 Å². The first-order valence-electron chi connectivity index (χ1n) is 5.42. The molecule has 14 heavy (non-hydrogen) atoms. The molecule has 1 aromatic heterocycles. The van der Waals surface area contributed by atoms with Crippen LogP contribution in [0.15, 0.2) is 18.5 Å². The lowest BCUT2D eigenvalue weighted by atomic mass is 9.99. The molecule has 1 unspecified atom stereocenters. The van der Waals surface area contributed by atoms with Crippen LogP contribution in [0.4, 0.5) is 0 Å². The minimum absolute atomic E-state index is 0.722. The molecule has 2 rings (SSSR count). The van der Waals surface area contributed by atoms with Crippen molar-refractivity contribution in [1.82, 2.24) is 15.3 Å². The summed E-state index contributed by atoms with van der Waals surface area (Å²) in [7, 11) is 0. The minimum atomic E-state index is 0.722. The van der Waals surface area contributed by atoms with Crippen LogP contribution >= 0.6 is 0 Å². The summed E-state index contributed by atoms with van der Waals surface area (Å²) in [4.78, 5) is 8.53. The van der Waals surface area contributed by atoms with Gasteiger partial charge in [0.15, 0.2) is 0 Å². The van der Waals surface area contributed by atoms with Crippen LogP contribution in [0.25, 0.3) is 0 Å². The fraction of sp³-hybridized carbons (Fsp3) is 0.636. The summed E-state index contributed by atoms with van der Waals surface area (Å²) < 4.78 is 0. The van der Waals surface area contributed by atoms with E-state index in [0.717, 1.165) is 24.7 Å². The van der Waals surface area contributed by atoms with E-state index in [9.17, 15) is 0 Å². The fourth-order valence-corrected chi connectivity index (χ4v) is 1.96. The van der Waals surface area contributed by atoms with Crippen molar-refractivity contribution in [2.45, 2.75) is 25.7 Å². The third-order valence-corrected chi connectivity index (χ3v) is 2.74. The molecule has 1 saturated heterocycles. The highest BCUT2D eigenvalue weighted by atomic mass is 14.9. The number of hydrogen-bond donors (Lipinski definition) is 1. The predicted octanol–water partition coefficient (Wildman–Crippen LogP) is 1.41. The van der Waals surface area contributed by atoms with Crippen molar-refractivity contribution in [2.75, 3.05) is 13.1 Å². The van der Waals surface area contributed by atoms with Gasteiger partial charge in [-0.2, -0.15) is 0 Å². The quantitative estimate of drug-likeness (QED) is 0.768. The lowest BCUT2D eigenvalue weighted by Crippen LogP contribution is -2.22. The van der Waals surface area contributed by atoms with Gasteiger partial charge in [-0.15, -0.1) is 0 Å². The number of nitrogens with zero attached hydrogens (tertiary/aromatic N) is 2. The second-order valence-corrected chi connectivity index (χ2v) is 3.94. The molecule has 0 bridgehead atoms. The third-order valence-electron chi connectivity index (χ3n) is 2.74. The summed E-state index contributed by atoms with van der Waals surface area (Å²) >= 11 is 0. The Labute approximate surface area is 85.0 Å². The normalized spacial score (nSPS) is 23.0. The first-order valence-corrected chi connectivity index (χ1v) is 5.42. The van der Waals surface area contributed by atoms with Gasteiger partial charge in [0, 0.05) is 18.8 Å². The van der Waals surface area contributed by atoms with E-state index >= 15 is 0 Å². The first kappa shape index (κ1) is 9.59. The van der Waals surface area contributed by atoms with E-state index in [-0.39, 0.29) is 0 Å². The highest BCUT2D eigenvalue weighted by Gasteiger charge is 2.13. The van der Waals surface area contributed by atoms with Gasteiger partial charge in [-0.25, -0.2) is 9.97 Å². The van der Waals surface area contributed by atoms with Crippen LogP contribution in [0, 0.1) is 5.92 Å². The number of aromatic nitrogens is 2. The van der Waals surface area contributed by atoms with Gasteiger partial charge in [-0.3, -0.25) is 0 Å². The molecule has 3 heteroatoms. The number of nitrogens with one attached hydrogen (secondary N) is 1. The number of rotatable bonds is 2. The van der Waals surface area contributed by atoms with Crippen molar-refractivity contribution in [3.8, 4) is 0 Å². The highest BCUT2D eigenvalue weighted by Crippen LogP contribution is 2.14. The zero-order valence-electron chi connectivity index (χ0n) is 8.45. The standard InChI is InChI=1S/C11H17N3/c1-2-5-12-9-10(4-1)8-11-13-6-3-7-14-11/h3,6-7,10,12H,1-2,4-5,8-9H2. The summed E-state index contributed by atoms with van der Waals surface area (Å²) in [6, 6.07) is 1.87. The predicted molar refractivity (Wildman–Crippen MR) is 55.9 cm³/mol. The van der Waals surface area contributed by atoms with Crippen LogP contribution < -0.4 is 5.32 Å². The van der Waals surface area contributed by atoms with Crippen LogP contribution in [-0.4, -0.2) is 23.1 Å². The average molecular weight is 191 g/mol. The Hall–Kier alpha value is -0.960. The lowest BCUT2D eigenvalue weighted by Gasteiger charge is -2.12. The van der Waals surface area contributed by atoms with E-state index in [0.29, 0.717) is 0 Å². The van der Waals surface area contributed by atoms with Crippen molar-refractivity contribution in [3.63, 3.8) is 0 Å². The van der Waals surface area contributed by atoms with E-state index in [1.807, 2.05) is 18.5 Å². The molecule has 2 heterocycles. The summed E-state index contributed by atoms with van der Waals surface area (Å²) in [5.74, 6) is 1.71. The lowest BCUT2D eigenvalue weighted by molar-refractivity contribution is 0.467. The van der Waals surface area contributed by atoms with Crippen molar-refractivity contribution in [2.24, 2.45) is 5.92 Å². The Morgan fingerprint density at radius 1 is 1.29 bits per heavy atom. The monoisotopic (exact) mass is 191 g/mol. The Kier molecular flexibility index (Phi) is 3.46. The van der Waals surface area contributed by atoms with E-state index in [2.05, 4.69) is 15.3 Å². The molecule has 1 fully saturated rings. The molecular formula is C11H17N3. The molecule has 1 N–H and O–H groups in total. The molecule has 76 valence electrons. The minimum Gasteiger partial charge on any atom is -0.316 e. The molecule has 0 spiro atoms. The Morgan fingerprint density at radius 2 is 2.14 bits per heavy atom. The molecule has 3 nitrogen and oxygen atoms in total. The third kappa shape index (κ3) is 2.77. The van der Waals surface area contributed by atoms with Crippen LogP contribution in [0.3, 0.4) is 0 Å². The molecule has 1 aromatic rings. The van der Waals surface area contributed by atoms with Gasteiger partial charge in [-0.1, -0.05) is 6.42 Å². The van der Waals surface area contributed by atoms with Gasteiger partial charge in [0.05, 0.1) is 0 Å². The largest absolute Gasteiger partial charge is 0.316 e. The highest BCUT2D eigenvalue weighted by molar-refractivity contribution is 4.90. The molecule has 0 amide bonds. The van der Waals surface area contributed by atoms with Gasteiger partial charge in [-0.05, 0) is 37.9 Å². The van der Waals surface area contributed by atoms with Gasteiger partial charge >= 0.3 is 0 Å². The summed E-state index contributed by atoms with van der Waals surface area (Å²) in [5.41, 5.74) is 0. The summed E-state index contributed by atoms with van der Waals surface area (Å²) in [5, 5.41) is 3.46. The molecule has 0 saturated carbocycles. The average Bonchev–Trinajstić information content (AvgIpc) is 2.48. The van der Waals surface area contributed by atoms with Crippen LogP contribution in [0.1, 0.15) is 25.1 Å². The van der Waals surface area contributed by atoms with Crippen LogP contribution in [-0.2, 0) is 6.42 Å². The molecule has 1 atom stereocenters.